The van der Waals surface area contributed by atoms with Gasteiger partial charge in [0.1, 0.15) is 0 Å². The van der Waals surface area contributed by atoms with Gasteiger partial charge in [-0.3, -0.25) is 0 Å². The molecule has 1 rings (SSSR count). The monoisotopic (exact) mass is 214 g/mol. The van der Waals surface area contributed by atoms with Gasteiger partial charge in [-0.15, -0.1) is 11.3 Å². The number of thiazole rings is 1. The fourth-order valence-electron chi connectivity index (χ4n) is 1.26. The van der Waals surface area contributed by atoms with Gasteiger partial charge in [0.25, 0.3) is 0 Å². The van der Waals surface area contributed by atoms with E-state index in [0.717, 1.165) is 23.7 Å². The lowest BCUT2D eigenvalue weighted by Gasteiger charge is -2.09. The van der Waals surface area contributed by atoms with Gasteiger partial charge < -0.3 is 10.4 Å². The van der Waals surface area contributed by atoms with Gasteiger partial charge in [-0.2, -0.15) is 0 Å². The number of rotatable bonds is 6. The fraction of sp³-hybridized carbons (Fsp3) is 0.700. The molecule has 14 heavy (non-hydrogen) atoms. The average molecular weight is 214 g/mol. The van der Waals surface area contributed by atoms with E-state index in [-0.39, 0.29) is 6.10 Å². The van der Waals surface area contributed by atoms with Gasteiger partial charge in [0.15, 0.2) is 0 Å². The van der Waals surface area contributed by atoms with E-state index in [1.54, 1.807) is 11.3 Å². The molecule has 1 unspecified atom stereocenters. The van der Waals surface area contributed by atoms with Crippen molar-refractivity contribution < 1.29 is 5.11 Å². The summed E-state index contributed by atoms with van der Waals surface area (Å²) in [5.41, 5.74) is 0.998. The lowest BCUT2D eigenvalue weighted by atomic mass is 10.2. The Morgan fingerprint density at radius 1 is 1.64 bits per heavy atom. The van der Waals surface area contributed by atoms with E-state index in [4.69, 9.17) is 0 Å². The minimum Gasteiger partial charge on any atom is -0.391 e. The number of hydrogen-bond donors (Lipinski definition) is 2. The molecular weight excluding hydrogens is 196 g/mol. The summed E-state index contributed by atoms with van der Waals surface area (Å²) in [6, 6.07) is 0. The molecule has 3 nitrogen and oxygen atoms in total. The Morgan fingerprint density at radius 3 is 3.00 bits per heavy atom. The third kappa shape index (κ3) is 4.17. The number of aliphatic hydroxyl groups is 1. The van der Waals surface area contributed by atoms with Crippen LogP contribution in [-0.2, 0) is 6.42 Å². The molecule has 1 aromatic heterocycles. The highest BCUT2D eigenvalue weighted by Crippen LogP contribution is 2.09. The zero-order valence-electron chi connectivity index (χ0n) is 8.79. The third-order valence-corrected chi connectivity index (χ3v) is 2.74. The molecule has 0 saturated heterocycles. The summed E-state index contributed by atoms with van der Waals surface area (Å²) in [6.45, 7) is 5.72. The molecule has 80 valence electrons. The highest BCUT2D eigenvalue weighted by atomic mass is 32.1. The topological polar surface area (TPSA) is 45.1 Å². The Bertz CT molecular complexity index is 262. The normalized spacial score (nSPS) is 13.1. The maximum atomic E-state index is 9.64. The van der Waals surface area contributed by atoms with Gasteiger partial charge >= 0.3 is 0 Å². The standard InChI is InChI=1S/C10H18N2OS/c1-3-4-11-6-10(13)5-9-7-14-8(2)12-9/h7,10-11,13H,3-6H2,1-2H3. The van der Waals surface area contributed by atoms with Crippen LogP contribution in [-0.4, -0.2) is 29.3 Å². The van der Waals surface area contributed by atoms with Crippen LogP contribution in [0.25, 0.3) is 0 Å². The van der Waals surface area contributed by atoms with Crippen molar-refractivity contribution in [2.75, 3.05) is 13.1 Å². The minimum absolute atomic E-state index is 0.317. The Kier molecular flexibility index (Phi) is 5.07. The third-order valence-electron chi connectivity index (χ3n) is 1.92. The smallest absolute Gasteiger partial charge is 0.0897 e. The molecule has 0 spiro atoms. The van der Waals surface area contributed by atoms with Crippen molar-refractivity contribution in [3.8, 4) is 0 Å². The molecule has 1 aromatic rings. The fourth-order valence-corrected chi connectivity index (χ4v) is 1.89. The second-order valence-corrected chi connectivity index (χ2v) is 4.48. The molecule has 0 amide bonds. The SMILES string of the molecule is CCCNCC(O)Cc1csc(C)n1. The molecule has 0 radical (unpaired) electrons. The lowest BCUT2D eigenvalue weighted by molar-refractivity contribution is 0.171. The van der Waals surface area contributed by atoms with Crippen molar-refractivity contribution in [1.29, 1.82) is 0 Å². The summed E-state index contributed by atoms with van der Waals surface area (Å²) >= 11 is 1.63. The summed E-state index contributed by atoms with van der Waals surface area (Å²) < 4.78 is 0. The van der Waals surface area contributed by atoms with E-state index >= 15 is 0 Å². The first-order chi connectivity index (χ1) is 6.72. The van der Waals surface area contributed by atoms with Crippen LogP contribution in [0.15, 0.2) is 5.38 Å². The average Bonchev–Trinajstić information content (AvgIpc) is 2.52. The van der Waals surface area contributed by atoms with Gasteiger partial charge in [-0.05, 0) is 19.9 Å². The highest BCUT2D eigenvalue weighted by Gasteiger charge is 2.06. The van der Waals surface area contributed by atoms with E-state index in [0.29, 0.717) is 13.0 Å². The summed E-state index contributed by atoms with van der Waals surface area (Å²) in [5, 5.41) is 15.9. The molecule has 0 aliphatic heterocycles. The first kappa shape index (κ1) is 11.6. The zero-order valence-corrected chi connectivity index (χ0v) is 9.60. The van der Waals surface area contributed by atoms with Crippen LogP contribution < -0.4 is 5.32 Å². The van der Waals surface area contributed by atoms with Gasteiger partial charge in [0.05, 0.1) is 16.8 Å². The minimum atomic E-state index is -0.317. The van der Waals surface area contributed by atoms with Crippen molar-refractivity contribution in [3.63, 3.8) is 0 Å². The van der Waals surface area contributed by atoms with E-state index in [1.165, 1.54) is 0 Å². The van der Waals surface area contributed by atoms with E-state index in [9.17, 15) is 5.11 Å². The van der Waals surface area contributed by atoms with Crippen molar-refractivity contribution >= 4 is 11.3 Å². The number of aromatic nitrogens is 1. The molecule has 1 atom stereocenters. The van der Waals surface area contributed by atoms with Gasteiger partial charge in [0.2, 0.25) is 0 Å². The van der Waals surface area contributed by atoms with Crippen LogP contribution in [0.5, 0.6) is 0 Å². The number of aliphatic hydroxyl groups excluding tert-OH is 1. The molecule has 2 N–H and O–H groups in total. The molecule has 4 heteroatoms. The van der Waals surface area contributed by atoms with E-state index in [1.807, 2.05) is 12.3 Å². The quantitative estimate of drug-likeness (QED) is 0.703. The van der Waals surface area contributed by atoms with Crippen LogP contribution in [0.1, 0.15) is 24.0 Å². The maximum Gasteiger partial charge on any atom is 0.0897 e. The molecular formula is C10H18N2OS. The molecule has 0 bridgehead atoms. The van der Waals surface area contributed by atoms with E-state index in [2.05, 4.69) is 17.2 Å². The lowest BCUT2D eigenvalue weighted by Crippen LogP contribution is -2.28. The molecule has 0 aromatic carbocycles. The summed E-state index contributed by atoms with van der Waals surface area (Å²) in [4.78, 5) is 4.31. The molecule has 1 heterocycles. The largest absolute Gasteiger partial charge is 0.391 e. The molecule has 0 aliphatic rings. The highest BCUT2D eigenvalue weighted by molar-refractivity contribution is 7.09. The van der Waals surface area contributed by atoms with Crippen molar-refractivity contribution in [2.24, 2.45) is 0 Å². The van der Waals surface area contributed by atoms with Crippen molar-refractivity contribution in [1.82, 2.24) is 10.3 Å². The second-order valence-electron chi connectivity index (χ2n) is 3.42. The number of hydrogen-bond acceptors (Lipinski definition) is 4. The number of nitrogens with zero attached hydrogens (tertiary/aromatic N) is 1. The Hall–Kier alpha value is -0.450. The number of nitrogens with one attached hydrogen (secondary N) is 1. The predicted molar refractivity (Wildman–Crippen MR) is 59.7 cm³/mol. The van der Waals surface area contributed by atoms with Crippen LogP contribution >= 0.6 is 11.3 Å². The van der Waals surface area contributed by atoms with Gasteiger partial charge in [-0.25, -0.2) is 4.98 Å². The Balaban J connectivity index is 2.23. The second kappa shape index (κ2) is 6.11. The molecule has 0 aliphatic carbocycles. The van der Waals surface area contributed by atoms with Crippen molar-refractivity contribution in [2.45, 2.75) is 32.8 Å². The summed E-state index contributed by atoms with van der Waals surface area (Å²) in [6.07, 6.45) is 1.44. The van der Waals surface area contributed by atoms with Gasteiger partial charge in [0, 0.05) is 18.3 Å². The van der Waals surface area contributed by atoms with E-state index < -0.39 is 0 Å². The Labute approximate surface area is 89.2 Å². The van der Waals surface area contributed by atoms with Gasteiger partial charge in [-0.1, -0.05) is 6.92 Å². The molecule has 0 saturated carbocycles. The zero-order chi connectivity index (χ0) is 10.4. The first-order valence-electron chi connectivity index (χ1n) is 5.02. The summed E-state index contributed by atoms with van der Waals surface area (Å²) in [5.74, 6) is 0. The number of aryl methyl sites for hydroxylation is 1. The Morgan fingerprint density at radius 2 is 2.43 bits per heavy atom. The predicted octanol–water partition coefficient (Wildman–Crippen LogP) is 1.35. The van der Waals surface area contributed by atoms with Crippen LogP contribution in [0.4, 0.5) is 0 Å². The maximum absolute atomic E-state index is 9.64. The van der Waals surface area contributed by atoms with Crippen LogP contribution in [0, 0.1) is 6.92 Å². The van der Waals surface area contributed by atoms with Crippen molar-refractivity contribution in [3.05, 3.63) is 16.1 Å². The molecule has 0 fully saturated rings. The van der Waals surface area contributed by atoms with Crippen LogP contribution in [0.2, 0.25) is 0 Å². The van der Waals surface area contributed by atoms with Crippen LogP contribution in [0.3, 0.4) is 0 Å². The summed E-state index contributed by atoms with van der Waals surface area (Å²) in [7, 11) is 0. The first-order valence-corrected chi connectivity index (χ1v) is 5.90.